The molecule has 0 aliphatic rings. The smallest absolute Gasteiger partial charge is 1.00 e. The molecule has 3 nitrogen and oxygen atoms in total. The molecule has 0 unspecified atom stereocenters. The van der Waals surface area contributed by atoms with Crippen molar-refractivity contribution in [2.24, 2.45) is 0 Å². The minimum absolute atomic E-state index is 0. The molecule has 0 spiro atoms. The van der Waals surface area contributed by atoms with Crippen LogP contribution in [0.5, 0.6) is 0 Å². The maximum Gasteiger partial charge on any atom is 1.00 e. The molecule has 0 aliphatic carbocycles. The minimum atomic E-state index is 0. The monoisotopic (exact) mass is 136 g/mol. The molecule has 3 N–H and O–H groups in total. The fraction of sp³-hybridized carbons (Fsp3) is 0. The van der Waals surface area contributed by atoms with Crippen LogP contribution in [0.4, 0.5) is 0 Å². The summed E-state index contributed by atoms with van der Waals surface area (Å²) in [4.78, 5) is 0. The Labute approximate surface area is 124 Å². The molecule has 0 aromatic carbocycles. The summed E-state index contributed by atoms with van der Waals surface area (Å²) in [5, 5.41) is 0. The largest absolute Gasteiger partial charge is 2.00 e. The molecule has 0 radical (unpaired) electrons. The summed E-state index contributed by atoms with van der Waals surface area (Å²) in [5.41, 5.74) is 0. The van der Waals surface area contributed by atoms with E-state index in [1.165, 1.54) is 0 Å². The standard InChI is InChI=1S/K.2Na.2H2O.O/h;;;2*1H2;/q3*+1;;;-2/p-1. The summed E-state index contributed by atoms with van der Waals surface area (Å²) in [5.74, 6) is 0. The Morgan fingerprint density at radius 2 is 0.833 bits per heavy atom. The van der Waals surface area contributed by atoms with Gasteiger partial charge in [-0.3, -0.25) is 0 Å². The van der Waals surface area contributed by atoms with Crippen molar-refractivity contribution >= 4 is 0 Å². The third-order valence-corrected chi connectivity index (χ3v) is 0. The molecule has 0 atom stereocenters. The van der Waals surface area contributed by atoms with Crippen LogP contribution in [0.3, 0.4) is 0 Å². The zero-order chi connectivity index (χ0) is 0. The van der Waals surface area contributed by atoms with Gasteiger partial charge >= 0.3 is 110 Å². The van der Waals surface area contributed by atoms with Gasteiger partial charge in [-0.1, -0.05) is 0 Å². The molecule has 0 aliphatic heterocycles. The SMILES string of the molecule is O.[K+].[Na+].[Na+].[O-2].[OH-]. The molecule has 0 aromatic heterocycles. The van der Waals surface area contributed by atoms with Crippen molar-refractivity contribution in [1.29, 1.82) is 0 Å². The summed E-state index contributed by atoms with van der Waals surface area (Å²) < 4.78 is 0. The predicted octanol–water partition coefficient (Wildman–Crippen LogP) is -10.1. The van der Waals surface area contributed by atoms with E-state index in [9.17, 15) is 0 Å². The summed E-state index contributed by atoms with van der Waals surface area (Å²) in [7, 11) is 0. The third kappa shape index (κ3) is 25.8. The molecule has 0 amide bonds. The Morgan fingerprint density at radius 1 is 0.833 bits per heavy atom. The first kappa shape index (κ1) is 55.8. The van der Waals surface area contributed by atoms with Crippen molar-refractivity contribution in [1.82, 2.24) is 0 Å². The van der Waals surface area contributed by atoms with E-state index in [2.05, 4.69) is 0 Å². The van der Waals surface area contributed by atoms with Crippen LogP contribution >= 0.6 is 0 Å². The zero-order valence-corrected chi connectivity index (χ0v) is 11.5. The van der Waals surface area contributed by atoms with Crippen molar-refractivity contribution in [2.75, 3.05) is 0 Å². The second-order valence-electron chi connectivity index (χ2n) is 0. The minimum Gasteiger partial charge on any atom is -2.00 e. The van der Waals surface area contributed by atoms with E-state index in [1.54, 1.807) is 0 Å². The Morgan fingerprint density at radius 3 is 0.833 bits per heavy atom. The predicted molar refractivity (Wildman–Crippen MR) is 6.24 cm³/mol. The van der Waals surface area contributed by atoms with Gasteiger partial charge in [-0.2, -0.15) is 0 Å². The first-order valence-electron chi connectivity index (χ1n) is 0. The molecule has 0 saturated carbocycles. The molecular weight excluding hydrogens is 133 g/mol. The second kappa shape index (κ2) is 38.9. The molecule has 0 fully saturated rings. The van der Waals surface area contributed by atoms with Gasteiger partial charge in [-0.15, -0.1) is 0 Å². The van der Waals surface area contributed by atoms with E-state index in [-0.39, 0.29) is 127 Å². The van der Waals surface area contributed by atoms with E-state index >= 15 is 0 Å². The molecule has 0 rings (SSSR count). The molecule has 0 bridgehead atoms. The Bertz CT molecular complexity index is 8.75. The number of hydrogen-bond acceptors (Lipinski definition) is 1. The van der Waals surface area contributed by atoms with Crippen LogP contribution in [0.15, 0.2) is 0 Å². The van der Waals surface area contributed by atoms with Gasteiger partial charge in [-0.05, 0) is 0 Å². The maximum atomic E-state index is 0. The molecule has 0 heterocycles. The first-order valence-corrected chi connectivity index (χ1v) is 0. The van der Waals surface area contributed by atoms with Crippen LogP contribution < -0.4 is 110 Å². The average molecular weight is 136 g/mol. The molecule has 6 heavy (non-hydrogen) atoms. The number of rotatable bonds is 0. The molecule has 0 saturated heterocycles. The fourth-order valence-corrected chi connectivity index (χ4v) is 0. The topological polar surface area (TPSA) is 90.0 Å². The molecular formula is H3KNa2O3. The van der Waals surface area contributed by atoms with E-state index in [0.29, 0.717) is 0 Å². The Hall–Kier alpha value is 3.52. The van der Waals surface area contributed by atoms with Crippen molar-refractivity contribution in [3.63, 3.8) is 0 Å². The van der Waals surface area contributed by atoms with Gasteiger partial charge in [0, 0.05) is 0 Å². The normalized spacial score (nSPS) is 0. The van der Waals surface area contributed by atoms with Gasteiger partial charge < -0.3 is 16.4 Å². The molecule has 0 aromatic rings. The second-order valence-corrected chi connectivity index (χ2v) is 0. The summed E-state index contributed by atoms with van der Waals surface area (Å²) in [6.45, 7) is 0. The van der Waals surface area contributed by atoms with E-state index in [0.717, 1.165) is 0 Å². The van der Waals surface area contributed by atoms with Gasteiger partial charge in [0.1, 0.15) is 0 Å². The van der Waals surface area contributed by atoms with Crippen LogP contribution in [0.2, 0.25) is 0 Å². The summed E-state index contributed by atoms with van der Waals surface area (Å²) in [6, 6.07) is 0. The van der Waals surface area contributed by atoms with Crippen LogP contribution in [0.25, 0.3) is 0 Å². The third-order valence-electron chi connectivity index (χ3n) is 0. The molecule has 6 heteroatoms. The van der Waals surface area contributed by atoms with E-state index in [4.69, 9.17) is 0 Å². The van der Waals surface area contributed by atoms with Crippen molar-refractivity contribution < 1.29 is 127 Å². The van der Waals surface area contributed by atoms with Crippen molar-refractivity contribution in [2.45, 2.75) is 0 Å². The van der Waals surface area contributed by atoms with Gasteiger partial charge in [-0.25, -0.2) is 0 Å². The van der Waals surface area contributed by atoms with Gasteiger partial charge in [0.15, 0.2) is 0 Å². The van der Waals surface area contributed by atoms with Gasteiger partial charge in [0.2, 0.25) is 0 Å². The van der Waals surface area contributed by atoms with Crippen LogP contribution in [0.1, 0.15) is 0 Å². The van der Waals surface area contributed by atoms with Crippen molar-refractivity contribution in [3.05, 3.63) is 0 Å². The Balaban J connectivity index is 0. The summed E-state index contributed by atoms with van der Waals surface area (Å²) >= 11 is 0. The summed E-state index contributed by atoms with van der Waals surface area (Å²) in [6.07, 6.45) is 0. The zero-order valence-electron chi connectivity index (χ0n) is 4.36. The van der Waals surface area contributed by atoms with Gasteiger partial charge in [0.25, 0.3) is 0 Å². The van der Waals surface area contributed by atoms with E-state index in [1.807, 2.05) is 0 Å². The quantitative estimate of drug-likeness (QED) is 0.304. The van der Waals surface area contributed by atoms with Gasteiger partial charge in [0.05, 0.1) is 0 Å². The van der Waals surface area contributed by atoms with Crippen molar-refractivity contribution in [3.8, 4) is 0 Å². The molecule has 24 valence electrons. The van der Waals surface area contributed by atoms with E-state index < -0.39 is 0 Å². The fourth-order valence-electron chi connectivity index (χ4n) is 0. The first-order chi connectivity index (χ1) is 0. The Kier molecular flexibility index (Phi) is 362. The van der Waals surface area contributed by atoms with Crippen LogP contribution in [-0.4, -0.2) is 11.0 Å². The maximum absolute atomic E-state index is 0. The number of hydrogen-bond donors (Lipinski definition) is 0. The van der Waals surface area contributed by atoms with Crippen LogP contribution in [0, 0.1) is 0 Å². The van der Waals surface area contributed by atoms with Crippen LogP contribution in [-0.2, 0) is 5.48 Å². The average Bonchev–Trinajstić information content (AvgIpc) is 0.